The number of benzene rings is 1. The van der Waals surface area contributed by atoms with Crippen LogP contribution in [0.15, 0.2) is 29.3 Å². The molecule has 1 amide bonds. The molecule has 0 unspecified atom stereocenters. The normalized spacial score (nSPS) is 14.2. The summed E-state index contributed by atoms with van der Waals surface area (Å²) in [6, 6.07) is 6.94. The molecule has 9 nitrogen and oxygen atoms in total. The highest BCUT2D eigenvalue weighted by Crippen LogP contribution is 2.25. The number of anilines is 2. The predicted octanol–water partition coefficient (Wildman–Crippen LogP) is 4.34. The summed E-state index contributed by atoms with van der Waals surface area (Å²) in [5, 5.41) is 7.34. The fourth-order valence-corrected chi connectivity index (χ4v) is 3.86. The summed E-state index contributed by atoms with van der Waals surface area (Å²) in [5.41, 5.74) is 2.24. The Bertz CT molecular complexity index is 1040. The molecule has 0 bridgehead atoms. The molecule has 12 heteroatoms. The number of ether oxygens (including phenoxy) is 1. The van der Waals surface area contributed by atoms with Crippen molar-refractivity contribution in [3.05, 3.63) is 45.7 Å². The number of guanidine groups is 1. The SMILES string of the molecule is CCOC(=O)N1CCN(/C(=N\C(=S)Nc2ccc(Cl)cc2Cl)Nc2nc(C)cc(C)n2)CC1. The maximum absolute atomic E-state index is 12.0. The van der Waals surface area contributed by atoms with Crippen molar-refractivity contribution in [2.75, 3.05) is 43.4 Å². The van der Waals surface area contributed by atoms with Gasteiger partial charge in [-0.2, -0.15) is 4.99 Å². The first kappa shape index (κ1) is 24.9. The molecule has 2 N–H and O–H groups in total. The Kier molecular flexibility index (Phi) is 8.65. The number of carbonyl (C=O) groups is 1. The first-order valence-electron chi connectivity index (χ1n) is 10.4. The van der Waals surface area contributed by atoms with Gasteiger partial charge < -0.3 is 19.9 Å². The minimum atomic E-state index is -0.323. The second-order valence-corrected chi connectivity index (χ2v) is 8.49. The van der Waals surface area contributed by atoms with Gasteiger partial charge in [-0.15, -0.1) is 0 Å². The van der Waals surface area contributed by atoms with E-state index in [2.05, 4.69) is 25.6 Å². The van der Waals surface area contributed by atoms with Crippen LogP contribution in [0.3, 0.4) is 0 Å². The van der Waals surface area contributed by atoms with Crippen molar-refractivity contribution in [3.63, 3.8) is 0 Å². The van der Waals surface area contributed by atoms with Gasteiger partial charge in [0.05, 0.1) is 17.3 Å². The van der Waals surface area contributed by atoms with Gasteiger partial charge in [-0.25, -0.2) is 14.8 Å². The topological polar surface area (TPSA) is 95.0 Å². The summed E-state index contributed by atoms with van der Waals surface area (Å²) in [6.07, 6.45) is -0.323. The first-order chi connectivity index (χ1) is 15.7. The van der Waals surface area contributed by atoms with Crippen LogP contribution in [-0.2, 0) is 4.74 Å². The quantitative estimate of drug-likeness (QED) is 0.358. The van der Waals surface area contributed by atoms with Crippen LogP contribution in [0.1, 0.15) is 18.3 Å². The number of hydrogen-bond donors (Lipinski definition) is 2. The van der Waals surface area contributed by atoms with Crippen LogP contribution in [0.5, 0.6) is 0 Å². The van der Waals surface area contributed by atoms with Crippen molar-refractivity contribution in [1.29, 1.82) is 0 Å². The van der Waals surface area contributed by atoms with Crippen LogP contribution in [0.2, 0.25) is 10.0 Å². The Balaban J connectivity index is 1.80. The monoisotopic (exact) mass is 509 g/mol. The number of aliphatic imine (C=N–C) groups is 1. The van der Waals surface area contributed by atoms with Gasteiger partial charge in [-0.3, -0.25) is 5.32 Å². The summed E-state index contributed by atoms with van der Waals surface area (Å²) >= 11 is 17.7. The van der Waals surface area contributed by atoms with Crippen LogP contribution in [-0.4, -0.2) is 69.7 Å². The van der Waals surface area contributed by atoms with Gasteiger partial charge >= 0.3 is 6.09 Å². The van der Waals surface area contributed by atoms with E-state index in [1.807, 2.05) is 24.8 Å². The van der Waals surface area contributed by atoms with Crippen LogP contribution in [0.4, 0.5) is 16.4 Å². The zero-order valence-electron chi connectivity index (χ0n) is 18.6. The minimum absolute atomic E-state index is 0.193. The van der Waals surface area contributed by atoms with Gasteiger partial charge in [0, 0.05) is 42.6 Å². The first-order valence-corrected chi connectivity index (χ1v) is 11.5. The maximum atomic E-state index is 12.0. The zero-order chi connectivity index (χ0) is 24.0. The van der Waals surface area contributed by atoms with E-state index in [-0.39, 0.29) is 11.2 Å². The molecular weight excluding hydrogens is 485 g/mol. The van der Waals surface area contributed by atoms with E-state index in [0.717, 1.165) is 11.4 Å². The number of halogens is 2. The number of amides is 1. The number of rotatable bonds is 3. The molecule has 0 radical (unpaired) electrons. The largest absolute Gasteiger partial charge is 0.450 e. The van der Waals surface area contributed by atoms with Crippen molar-refractivity contribution < 1.29 is 9.53 Å². The Morgan fingerprint density at radius 2 is 1.73 bits per heavy atom. The lowest BCUT2D eigenvalue weighted by Gasteiger charge is -2.35. The van der Waals surface area contributed by atoms with E-state index in [9.17, 15) is 4.79 Å². The van der Waals surface area contributed by atoms with Crippen LogP contribution in [0, 0.1) is 13.8 Å². The Hall–Kier alpha value is -2.69. The van der Waals surface area contributed by atoms with Gasteiger partial charge in [0.15, 0.2) is 0 Å². The average molecular weight is 510 g/mol. The third kappa shape index (κ3) is 7.15. The molecule has 1 aromatic carbocycles. The van der Waals surface area contributed by atoms with Crippen LogP contribution >= 0.6 is 35.4 Å². The molecule has 1 aliphatic rings. The van der Waals surface area contributed by atoms with Gasteiger partial charge in [0.25, 0.3) is 0 Å². The zero-order valence-corrected chi connectivity index (χ0v) is 20.9. The Labute approximate surface area is 208 Å². The molecule has 1 saturated heterocycles. The van der Waals surface area contributed by atoms with Gasteiger partial charge in [0.1, 0.15) is 0 Å². The Morgan fingerprint density at radius 3 is 2.33 bits per heavy atom. The Morgan fingerprint density at radius 1 is 1.09 bits per heavy atom. The molecule has 2 heterocycles. The molecule has 1 fully saturated rings. The number of nitrogens with one attached hydrogen (secondary N) is 2. The van der Waals surface area contributed by atoms with Crippen molar-refractivity contribution in [2.24, 2.45) is 4.99 Å². The number of carbonyl (C=O) groups excluding carboxylic acids is 1. The molecule has 1 aromatic heterocycles. The number of nitrogens with zero attached hydrogens (tertiary/aromatic N) is 5. The van der Waals surface area contributed by atoms with Gasteiger partial charge in [-0.05, 0) is 57.3 Å². The summed E-state index contributed by atoms with van der Waals surface area (Å²) in [6.45, 7) is 7.93. The standard InChI is InChI=1S/C21H25Cl2N7O2S/c1-4-32-21(31)30-9-7-29(8-10-30)19(27-18-24-13(2)11-14(3)25-18)28-20(33)26-17-6-5-15(22)12-16(17)23/h5-6,11-12H,4,7-10H2,1-3H3,(H2,24,25,26,27,28,33). The molecule has 0 aliphatic carbocycles. The molecule has 176 valence electrons. The fourth-order valence-electron chi connectivity index (χ4n) is 3.21. The highest BCUT2D eigenvalue weighted by Gasteiger charge is 2.25. The van der Waals surface area contributed by atoms with E-state index in [1.54, 1.807) is 30.0 Å². The third-order valence-corrected chi connectivity index (χ3v) is 5.43. The fraction of sp³-hybridized carbons (Fsp3) is 0.381. The second kappa shape index (κ2) is 11.4. The average Bonchev–Trinajstić information content (AvgIpc) is 2.75. The van der Waals surface area contributed by atoms with Gasteiger partial charge in [0.2, 0.25) is 17.0 Å². The highest BCUT2D eigenvalue weighted by atomic mass is 35.5. The number of hydrogen-bond acceptors (Lipinski definition) is 5. The second-order valence-electron chi connectivity index (χ2n) is 7.26. The number of aromatic nitrogens is 2. The molecule has 0 saturated carbocycles. The van der Waals surface area contributed by atoms with E-state index >= 15 is 0 Å². The summed E-state index contributed by atoms with van der Waals surface area (Å²) in [7, 11) is 0. The molecule has 3 rings (SSSR count). The van der Waals surface area contributed by atoms with Crippen molar-refractivity contribution >= 4 is 64.2 Å². The number of piperazine rings is 1. The smallest absolute Gasteiger partial charge is 0.409 e. The molecular formula is C21H25Cl2N7O2S. The van der Waals surface area contributed by atoms with Crippen LogP contribution in [0.25, 0.3) is 0 Å². The van der Waals surface area contributed by atoms with E-state index in [1.165, 1.54) is 0 Å². The summed E-state index contributed by atoms with van der Waals surface area (Å²) < 4.78 is 5.10. The predicted molar refractivity (Wildman–Crippen MR) is 135 cm³/mol. The maximum Gasteiger partial charge on any atom is 0.409 e. The van der Waals surface area contributed by atoms with E-state index < -0.39 is 0 Å². The molecule has 2 aromatic rings. The van der Waals surface area contributed by atoms with Crippen molar-refractivity contribution in [1.82, 2.24) is 19.8 Å². The molecule has 1 aliphatic heterocycles. The molecule has 0 spiro atoms. The summed E-state index contributed by atoms with van der Waals surface area (Å²) in [4.78, 5) is 29.1. The lowest BCUT2D eigenvalue weighted by Crippen LogP contribution is -2.52. The number of aryl methyl sites for hydroxylation is 2. The lowest BCUT2D eigenvalue weighted by molar-refractivity contribution is 0.0920. The van der Waals surface area contributed by atoms with Gasteiger partial charge in [-0.1, -0.05) is 23.2 Å². The highest BCUT2D eigenvalue weighted by molar-refractivity contribution is 7.80. The third-order valence-electron chi connectivity index (χ3n) is 4.69. The lowest BCUT2D eigenvalue weighted by atomic mass is 10.3. The van der Waals surface area contributed by atoms with E-state index in [4.69, 9.17) is 40.2 Å². The van der Waals surface area contributed by atoms with Crippen LogP contribution < -0.4 is 10.6 Å². The summed E-state index contributed by atoms with van der Waals surface area (Å²) in [5.74, 6) is 0.873. The molecule has 0 atom stereocenters. The number of thiocarbonyl (C=S) groups is 1. The minimum Gasteiger partial charge on any atom is -0.450 e. The van der Waals surface area contributed by atoms with Crippen molar-refractivity contribution in [3.8, 4) is 0 Å². The molecule has 33 heavy (non-hydrogen) atoms. The van der Waals surface area contributed by atoms with Crippen molar-refractivity contribution in [2.45, 2.75) is 20.8 Å². The van der Waals surface area contributed by atoms with E-state index in [0.29, 0.717) is 60.4 Å².